The number of piperidine rings is 1. The van der Waals surface area contributed by atoms with E-state index in [1.54, 1.807) is 30.3 Å². The third-order valence-electron chi connectivity index (χ3n) is 4.51. The zero-order valence-corrected chi connectivity index (χ0v) is 13.5. The zero-order chi connectivity index (χ0) is 15.6. The van der Waals surface area contributed by atoms with Gasteiger partial charge in [0.25, 0.3) is 0 Å². The lowest BCUT2D eigenvalue weighted by molar-refractivity contribution is -0.135. The van der Waals surface area contributed by atoms with Crippen LogP contribution in [0.3, 0.4) is 0 Å². The first kappa shape index (κ1) is 15.5. The fraction of sp³-hybridized carbons (Fsp3) is 0.562. The van der Waals surface area contributed by atoms with E-state index in [4.69, 9.17) is 0 Å². The van der Waals surface area contributed by atoms with E-state index >= 15 is 0 Å². The Morgan fingerprint density at radius 2 is 1.64 bits per heavy atom. The minimum absolute atomic E-state index is 0.0169. The van der Waals surface area contributed by atoms with Gasteiger partial charge in [0, 0.05) is 19.6 Å². The van der Waals surface area contributed by atoms with Crippen molar-refractivity contribution in [3.8, 4) is 0 Å². The number of likely N-dealkylation sites (tertiary alicyclic amines) is 1. The molecule has 0 saturated carbocycles. The lowest BCUT2D eigenvalue weighted by Crippen LogP contribution is -2.49. The molecule has 1 aromatic rings. The average Bonchev–Trinajstić information content (AvgIpc) is 3.06. The van der Waals surface area contributed by atoms with E-state index in [1.165, 1.54) is 4.31 Å². The summed E-state index contributed by atoms with van der Waals surface area (Å²) in [5, 5.41) is 0. The number of benzene rings is 1. The van der Waals surface area contributed by atoms with E-state index in [2.05, 4.69) is 0 Å². The normalized spacial score (nSPS) is 23.6. The summed E-state index contributed by atoms with van der Waals surface area (Å²) in [7, 11) is -3.59. The van der Waals surface area contributed by atoms with Crippen molar-refractivity contribution in [1.29, 1.82) is 0 Å². The first-order chi connectivity index (χ1) is 10.6. The molecule has 0 N–H and O–H groups in total. The van der Waals surface area contributed by atoms with Gasteiger partial charge in [0.1, 0.15) is 6.04 Å². The van der Waals surface area contributed by atoms with Crippen molar-refractivity contribution >= 4 is 15.9 Å². The van der Waals surface area contributed by atoms with Crippen molar-refractivity contribution in [3.63, 3.8) is 0 Å². The second-order valence-electron chi connectivity index (χ2n) is 5.97. The van der Waals surface area contributed by atoms with Crippen LogP contribution in [-0.4, -0.2) is 49.2 Å². The molecule has 5 nitrogen and oxygen atoms in total. The molecule has 0 spiro atoms. The molecule has 3 rings (SSSR count). The fourth-order valence-corrected chi connectivity index (χ4v) is 5.00. The van der Waals surface area contributed by atoms with E-state index in [0.29, 0.717) is 13.0 Å². The molecule has 0 radical (unpaired) electrons. The summed E-state index contributed by atoms with van der Waals surface area (Å²) in [6.07, 6.45) is 4.56. The SMILES string of the molecule is O=C(C1CCCN1S(=O)(=O)c1ccccc1)N1CCCCC1. The number of hydrogen-bond donors (Lipinski definition) is 0. The van der Waals surface area contributed by atoms with Crippen molar-refractivity contribution in [2.75, 3.05) is 19.6 Å². The molecule has 22 heavy (non-hydrogen) atoms. The number of amides is 1. The van der Waals surface area contributed by atoms with Crippen molar-refractivity contribution in [2.24, 2.45) is 0 Å². The van der Waals surface area contributed by atoms with Crippen molar-refractivity contribution in [1.82, 2.24) is 9.21 Å². The molecule has 2 fully saturated rings. The number of rotatable bonds is 3. The summed E-state index contributed by atoms with van der Waals surface area (Å²) in [5.74, 6) is -0.0169. The highest BCUT2D eigenvalue weighted by Crippen LogP contribution is 2.27. The summed E-state index contributed by atoms with van der Waals surface area (Å²) in [6, 6.07) is 7.88. The first-order valence-corrected chi connectivity index (χ1v) is 9.40. The van der Waals surface area contributed by atoms with E-state index in [1.807, 2.05) is 4.90 Å². The van der Waals surface area contributed by atoms with Gasteiger partial charge < -0.3 is 4.90 Å². The van der Waals surface area contributed by atoms with Crippen molar-refractivity contribution in [3.05, 3.63) is 30.3 Å². The van der Waals surface area contributed by atoms with Crippen LogP contribution in [-0.2, 0) is 14.8 Å². The van der Waals surface area contributed by atoms with Crippen LogP contribution >= 0.6 is 0 Å². The Balaban J connectivity index is 1.82. The van der Waals surface area contributed by atoms with Gasteiger partial charge in [-0.05, 0) is 44.2 Å². The second-order valence-corrected chi connectivity index (χ2v) is 7.86. The molecule has 1 amide bonds. The summed E-state index contributed by atoms with van der Waals surface area (Å²) in [6.45, 7) is 1.95. The quantitative estimate of drug-likeness (QED) is 0.853. The number of carbonyl (C=O) groups is 1. The van der Waals surface area contributed by atoms with Gasteiger partial charge in [-0.2, -0.15) is 4.31 Å². The molecule has 0 bridgehead atoms. The monoisotopic (exact) mass is 322 g/mol. The van der Waals surface area contributed by atoms with Crippen LogP contribution in [0.15, 0.2) is 35.2 Å². The largest absolute Gasteiger partial charge is 0.341 e. The van der Waals surface area contributed by atoms with E-state index in [9.17, 15) is 13.2 Å². The number of sulfonamides is 1. The van der Waals surface area contributed by atoms with Gasteiger partial charge in [0.2, 0.25) is 15.9 Å². The average molecular weight is 322 g/mol. The van der Waals surface area contributed by atoms with Crippen LogP contribution < -0.4 is 0 Å². The van der Waals surface area contributed by atoms with Gasteiger partial charge in [0.15, 0.2) is 0 Å². The molecule has 1 atom stereocenters. The van der Waals surface area contributed by atoms with Crippen LogP contribution in [0.2, 0.25) is 0 Å². The zero-order valence-electron chi connectivity index (χ0n) is 12.6. The summed E-state index contributed by atoms with van der Waals surface area (Å²) >= 11 is 0. The van der Waals surface area contributed by atoms with Crippen LogP contribution in [0, 0.1) is 0 Å². The van der Waals surface area contributed by atoms with Gasteiger partial charge >= 0.3 is 0 Å². The number of hydrogen-bond acceptors (Lipinski definition) is 3. The van der Waals surface area contributed by atoms with Gasteiger partial charge in [-0.3, -0.25) is 4.79 Å². The van der Waals surface area contributed by atoms with Gasteiger partial charge in [0.05, 0.1) is 4.90 Å². The summed E-state index contributed by atoms with van der Waals surface area (Å²) < 4.78 is 27.0. The highest BCUT2D eigenvalue weighted by Gasteiger charge is 2.41. The molecule has 2 aliphatic heterocycles. The molecule has 6 heteroatoms. The molecule has 1 unspecified atom stereocenters. The summed E-state index contributed by atoms with van der Waals surface area (Å²) in [5.41, 5.74) is 0. The van der Waals surface area contributed by atoms with Crippen LogP contribution in [0.4, 0.5) is 0 Å². The first-order valence-electron chi connectivity index (χ1n) is 7.96. The maximum Gasteiger partial charge on any atom is 0.243 e. The molecule has 0 aliphatic carbocycles. The number of carbonyl (C=O) groups excluding carboxylic acids is 1. The Labute approximate surface area is 132 Å². The van der Waals surface area contributed by atoms with Crippen LogP contribution in [0.25, 0.3) is 0 Å². The van der Waals surface area contributed by atoms with E-state index in [0.717, 1.165) is 38.8 Å². The Morgan fingerprint density at radius 3 is 2.32 bits per heavy atom. The molecule has 2 saturated heterocycles. The molecule has 2 aliphatic rings. The van der Waals surface area contributed by atoms with Crippen molar-refractivity contribution in [2.45, 2.75) is 43.0 Å². The third kappa shape index (κ3) is 2.90. The Hall–Kier alpha value is -1.40. The topological polar surface area (TPSA) is 57.7 Å². The lowest BCUT2D eigenvalue weighted by Gasteiger charge is -2.32. The van der Waals surface area contributed by atoms with E-state index < -0.39 is 16.1 Å². The van der Waals surface area contributed by atoms with Gasteiger partial charge in [-0.15, -0.1) is 0 Å². The maximum absolute atomic E-state index is 12.8. The fourth-order valence-electron chi connectivity index (χ4n) is 3.33. The lowest BCUT2D eigenvalue weighted by atomic mass is 10.1. The van der Waals surface area contributed by atoms with Gasteiger partial charge in [-0.25, -0.2) is 8.42 Å². The Morgan fingerprint density at radius 1 is 0.955 bits per heavy atom. The molecule has 1 aromatic carbocycles. The minimum Gasteiger partial charge on any atom is -0.341 e. The Kier molecular flexibility index (Phi) is 4.49. The van der Waals surface area contributed by atoms with Crippen molar-refractivity contribution < 1.29 is 13.2 Å². The van der Waals surface area contributed by atoms with Gasteiger partial charge in [-0.1, -0.05) is 18.2 Å². The maximum atomic E-state index is 12.8. The molecule has 120 valence electrons. The predicted molar refractivity (Wildman–Crippen MR) is 83.8 cm³/mol. The second kappa shape index (κ2) is 6.38. The highest BCUT2D eigenvalue weighted by molar-refractivity contribution is 7.89. The third-order valence-corrected chi connectivity index (χ3v) is 6.43. The van der Waals surface area contributed by atoms with Crippen LogP contribution in [0.5, 0.6) is 0 Å². The highest BCUT2D eigenvalue weighted by atomic mass is 32.2. The number of nitrogens with zero attached hydrogens (tertiary/aromatic N) is 2. The smallest absolute Gasteiger partial charge is 0.243 e. The molecular weight excluding hydrogens is 300 g/mol. The molecule has 2 heterocycles. The minimum atomic E-state index is -3.59. The van der Waals surface area contributed by atoms with E-state index in [-0.39, 0.29) is 10.8 Å². The van der Waals surface area contributed by atoms with Crippen LogP contribution in [0.1, 0.15) is 32.1 Å². The standard InChI is InChI=1S/C16H22N2O3S/c19-16(17-11-5-2-6-12-17)15-10-7-13-18(15)22(20,21)14-8-3-1-4-9-14/h1,3-4,8-9,15H,2,5-7,10-13H2. The molecular formula is C16H22N2O3S. The Bertz CT molecular complexity index is 624. The predicted octanol–water partition coefficient (Wildman–Crippen LogP) is 1.85. The molecule has 0 aromatic heterocycles. The summed E-state index contributed by atoms with van der Waals surface area (Å²) in [4.78, 5) is 14.8.